The Hall–Kier alpha value is -1.01. The molecule has 0 spiro atoms. The summed E-state index contributed by atoms with van der Waals surface area (Å²) in [6.45, 7) is 4.35. The molecule has 0 saturated heterocycles. The zero-order valence-electron chi connectivity index (χ0n) is 9.85. The van der Waals surface area contributed by atoms with Crippen LogP contribution in [-0.2, 0) is 6.54 Å². The third-order valence-electron chi connectivity index (χ3n) is 2.51. The quantitative estimate of drug-likeness (QED) is 0.842. The summed E-state index contributed by atoms with van der Waals surface area (Å²) in [4.78, 5) is 5.49. The van der Waals surface area contributed by atoms with Gasteiger partial charge in [-0.3, -0.25) is 0 Å². The summed E-state index contributed by atoms with van der Waals surface area (Å²) in [5.41, 5.74) is 1.24. The highest BCUT2D eigenvalue weighted by Crippen LogP contribution is 2.25. The van der Waals surface area contributed by atoms with Gasteiger partial charge in [-0.25, -0.2) is 13.8 Å². The van der Waals surface area contributed by atoms with Crippen LogP contribution < -0.4 is 5.32 Å². The maximum atomic E-state index is 13.5. The van der Waals surface area contributed by atoms with Crippen molar-refractivity contribution >= 4 is 33.0 Å². The Morgan fingerprint density at radius 3 is 2.61 bits per heavy atom. The number of hydrogen-bond donors (Lipinski definition) is 1. The second-order valence-corrected chi connectivity index (χ2v) is 5.99. The summed E-state index contributed by atoms with van der Waals surface area (Å²) in [6.07, 6.45) is 0. The predicted octanol–water partition coefficient (Wildman–Crippen LogP) is 4.41. The molecule has 0 aliphatic rings. The number of rotatable bonds is 3. The lowest BCUT2D eigenvalue weighted by Crippen LogP contribution is -2.02. The number of nitrogens with one attached hydrogen (secondary N) is 1. The van der Waals surface area contributed by atoms with Crippen LogP contribution in [0.3, 0.4) is 0 Å². The summed E-state index contributed by atoms with van der Waals surface area (Å²) in [5.74, 6) is -1.22. The molecule has 96 valence electrons. The fraction of sp³-hybridized carbons (Fsp3) is 0.250. The molecule has 0 amide bonds. The first kappa shape index (κ1) is 13.4. The lowest BCUT2D eigenvalue weighted by atomic mass is 10.3. The summed E-state index contributed by atoms with van der Waals surface area (Å²) in [6, 6.07) is 2.24. The van der Waals surface area contributed by atoms with E-state index in [1.807, 2.05) is 13.8 Å². The van der Waals surface area contributed by atoms with Crippen molar-refractivity contribution < 1.29 is 8.78 Å². The molecule has 2 rings (SSSR count). The second kappa shape index (κ2) is 5.32. The minimum atomic E-state index is -0.612. The predicted molar refractivity (Wildman–Crippen MR) is 73.0 cm³/mol. The van der Waals surface area contributed by atoms with E-state index in [0.29, 0.717) is 6.54 Å². The van der Waals surface area contributed by atoms with Gasteiger partial charge in [-0.1, -0.05) is 0 Å². The lowest BCUT2D eigenvalue weighted by molar-refractivity contribution is 0.580. The number of aromatic nitrogens is 1. The van der Waals surface area contributed by atoms with Crippen LogP contribution in [-0.4, -0.2) is 4.98 Å². The van der Waals surface area contributed by atoms with E-state index in [1.54, 1.807) is 11.3 Å². The Labute approximate surface area is 116 Å². The number of aryl methyl sites for hydroxylation is 2. The average molecular weight is 333 g/mol. The van der Waals surface area contributed by atoms with Gasteiger partial charge < -0.3 is 5.32 Å². The van der Waals surface area contributed by atoms with Crippen molar-refractivity contribution in [1.82, 2.24) is 4.98 Å². The van der Waals surface area contributed by atoms with Crippen LogP contribution in [0, 0.1) is 25.5 Å². The normalized spacial score (nSPS) is 10.7. The molecule has 0 radical (unpaired) electrons. The second-order valence-electron chi connectivity index (χ2n) is 3.85. The van der Waals surface area contributed by atoms with Gasteiger partial charge in [-0.15, -0.1) is 11.3 Å². The van der Waals surface area contributed by atoms with E-state index in [-0.39, 0.29) is 10.2 Å². The lowest BCUT2D eigenvalue weighted by Gasteiger charge is -2.06. The molecular weight excluding hydrogens is 322 g/mol. The van der Waals surface area contributed by atoms with Crippen LogP contribution in [0.4, 0.5) is 14.5 Å². The molecule has 0 saturated carbocycles. The molecule has 0 fully saturated rings. The Bertz CT molecular complexity index is 564. The fourth-order valence-corrected chi connectivity index (χ4v) is 2.66. The first-order valence-corrected chi connectivity index (χ1v) is 6.89. The molecule has 0 aliphatic heterocycles. The van der Waals surface area contributed by atoms with Gasteiger partial charge in [-0.2, -0.15) is 0 Å². The molecule has 0 atom stereocenters. The van der Waals surface area contributed by atoms with E-state index in [1.165, 1.54) is 6.07 Å². The largest absolute Gasteiger partial charge is 0.376 e. The van der Waals surface area contributed by atoms with Crippen molar-refractivity contribution in [3.63, 3.8) is 0 Å². The Balaban J connectivity index is 2.13. The third-order valence-corrected chi connectivity index (χ3v) is 4.19. The van der Waals surface area contributed by atoms with Crippen molar-refractivity contribution in [2.24, 2.45) is 0 Å². The molecule has 6 heteroatoms. The zero-order valence-corrected chi connectivity index (χ0v) is 12.3. The molecule has 1 N–H and O–H groups in total. The molecule has 1 aromatic heterocycles. The van der Waals surface area contributed by atoms with Crippen molar-refractivity contribution in [2.75, 3.05) is 5.32 Å². The molecule has 0 aliphatic carbocycles. The summed E-state index contributed by atoms with van der Waals surface area (Å²) in [5, 5.41) is 3.79. The number of thiazole rings is 1. The first-order valence-electron chi connectivity index (χ1n) is 5.28. The molecule has 1 aromatic carbocycles. The summed E-state index contributed by atoms with van der Waals surface area (Å²) in [7, 11) is 0. The third kappa shape index (κ3) is 2.87. The molecule has 2 aromatic rings. The van der Waals surface area contributed by atoms with Crippen LogP contribution in [0.2, 0.25) is 0 Å². The van der Waals surface area contributed by atoms with Gasteiger partial charge in [0.05, 0.1) is 22.4 Å². The average Bonchev–Trinajstić information content (AvgIpc) is 2.62. The van der Waals surface area contributed by atoms with Crippen molar-refractivity contribution in [1.29, 1.82) is 0 Å². The Kier molecular flexibility index (Phi) is 3.97. The SMILES string of the molecule is Cc1nc(CNc2cc(Br)c(F)cc2F)sc1C. The van der Waals surface area contributed by atoms with E-state index in [9.17, 15) is 8.78 Å². The van der Waals surface area contributed by atoms with E-state index >= 15 is 0 Å². The van der Waals surface area contributed by atoms with Crippen LogP contribution in [0.5, 0.6) is 0 Å². The first-order chi connectivity index (χ1) is 8.47. The summed E-state index contributed by atoms with van der Waals surface area (Å²) >= 11 is 4.59. The van der Waals surface area contributed by atoms with Crippen molar-refractivity contribution in [3.05, 3.63) is 43.8 Å². The topological polar surface area (TPSA) is 24.9 Å². The minimum absolute atomic E-state index is 0.234. The van der Waals surface area contributed by atoms with E-state index in [0.717, 1.165) is 21.6 Å². The van der Waals surface area contributed by atoms with Gasteiger partial charge in [0, 0.05) is 10.9 Å². The van der Waals surface area contributed by atoms with Crippen LogP contribution in [0.25, 0.3) is 0 Å². The number of nitrogens with zero attached hydrogens (tertiary/aromatic N) is 1. The van der Waals surface area contributed by atoms with Crippen LogP contribution in [0.1, 0.15) is 15.6 Å². The molecule has 18 heavy (non-hydrogen) atoms. The number of hydrogen-bond acceptors (Lipinski definition) is 3. The van der Waals surface area contributed by atoms with Gasteiger partial charge in [-0.05, 0) is 35.8 Å². The van der Waals surface area contributed by atoms with Gasteiger partial charge in [0.1, 0.15) is 16.6 Å². The molecule has 2 nitrogen and oxygen atoms in total. The van der Waals surface area contributed by atoms with Gasteiger partial charge >= 0.3 is 0 Å². The smallest absolute Gasteiger partial charge is 0.149 e. The maximum Gasteiger partial charge on any atom is 0.149 e. The highest BCUT2D eigenvalue weighted by Gasteiger charge is 2.09. The van der Waals surface area contributed by atoms with Crippen molar-refractivity contribution in [3.8, 4) is 0 Å². The number of halogens is 3. The fourth-order valence-electron chi connectivity index (χ4n) is 1.44. The van der Waals surface area contributed by atoms with E-state index in [4.69, 9.17) is 0 Å². The summed E-state index contributed by atoms with van der Waals surface area (Å²) < 4.78 is 26.8. The standard InChI is InChI=1S/C12H11BrF2N2S/c1-6-7(2)18-12(17-6)5-16-11-3-8(13)9(14)4-10(11)15/h3-4,16H,5H2,1-2H3. The monoisotopic (exact) mass is 332 g/mol. The molecule has 0 unspecified atom stereocenters. The maximum absolute atomic E-state index is 13.5. The van der Waals surface area contributed by atoms with Gasteiger partial charge in [0.25, 0.3) is 0 Å². The van der Waals surface area contributed by atoms with Gasteiger partial charge in [0.2, 0.25) is 0 Å². The molecular formula is C12H11BrF2N2S. The molecule has 0 bridgehead atoms. The van der Waals surface area contributed by atoms with Crippen LogP contribution >= 0.6 is 27.3 Å². The molecule has 1 heterocycles. The zero-order chi connectivity index (χ0) is 13.3. The van der Waals surface area contributed by atoms with Gasteiger partial charge in [0.15, 0.2) is 0 Å². The number of benzene rings is 1. The highest BCUT2D eigenvalue weighted by atomic mass is 79.9. The minimum Gasteiger partial charge on any atom is -0.376 e. The van der Waals surface area contributed by atoms with E-state index < -0.39 is 11.6 Å². The van der Waals surface area contributed by atoms with E-state index in [2.05, 4.69) is 26.2 Å². The Morgan fingerprint density at radius 2 is 2.00 bits per heavy atom. The van der Waals surface area contributed by atoms with Crippen molar-refractivity contribution in [2.45, 2.75) is 20.4 Å². The highest BCUT2D eigenvalue weighted by molar-refractivity contribution is 9.10. The van der Waals surface area contributed by atoms with Crippen LogP contribution in [0.15, 0.2) is 16.6 Å². The Morgan fingerprint density at radius 1 is 1.28 bits per heavy atom. The number of anilines is 1.